The van der Waals surface area contributed by atoms with Gasteiger partial charge in [0.1, 0.15) is 0 Å². The van der Waals surface area contributed by atoms with Crippen LogP contribution in [0.1, 0.15) is 15.9 Å². The van der Waals surface area contributed by atoms with Gasteiger partial charge in [0, 0.05) is 6.20 Å². The van der Waals surface area contributed by atoms with E-state index in [0.29, 0.717) is 11.2 Å². The van der Waals surface area contributed by atoms with Crippen molar-refractivity contribution in [1.29, 1.82) is 0 Å². The predicted octanol–water partition coefficient (Wildman–Crippen LogP) is 3.88. The first-order chi connectivity index (χ1) is 10.8. The normalized spacial score (nSPS) is 11.7. The Bertz CT molecular complexity index is 891. The van der Waals surface area contributed by atoms with Gasteiger partial charge in [-0.05, 0) is 24.3 Å². The van der Waals surface area contributed by atoms with Gasteiger partial charge in [-0.3, -0.25) is 4.79 Å². The average Bonchev–Trinajstić information content (AvgIpc) is 2.95. The van der Waals surface area contributed by atoms with E-state index in [2.05, 4.69) is 20.3 Å². The average molecular weight is 341 g/mol. The molecule has 1 aromatic carbocycles. The second kappa shape index (κ2) is 5.54. The number of hydrogen-bond acceptors (Lipinski definition) is 3. The molecule has 3 aromatic rings. The minimum atomic E-state index is -4.53. The fourth-order valence-electron chi connectivity index (χ4n) is 1.95. The Balaban J connectivity index is 1.90. The van der Waals surface area contributed by atoms with E-state index in [4.69, 9.17) is 11.6 Å². The summed E-state index contributed by atoms with van der Waals surface area (Å²) < 4.78 is 38.2. The molecular formula is C14H8ClF3N4O. The Labute approximate surface area is 132 Å². The minimum absolute atomic E-state index is 0.00178. The van der Waals surface area contributed by atoms with Crippen LogP contribution >= 0.6 is 11.6 Å². The van der Waals surface area contributed by atoms with Crippen molar-refractivity contribution in [3.8, 4) is 0 Å². The van der Waals surface area contributed by atoms with Gasteiger partial charge < -0.3 is 10.3 Å². The molecule has 1 amide bonds. The van der Waals surface area contributed by atoms with Crippen LogP contribution in [-0.2, 0) is 6.18 Å². The Hall–Kier alpha value is -2.61. The largest absolute Gasteiger partial charge is 0.416 e. The molecule has 0 aliphatic heterocycles. The number of aromatic nitrogens is 3. The van der Waals surface area contributed by atoms with Gasteiger partial charge in [0.15, 0.2) is 5.65 Å². The number of anilines is 1. The number of nitrogens with one attached hydrogen (secondary N) is 2. The van der Waals surface area contributed by atoms with Gasteiger partial charge in [-0.15, -0.1) is 0 Å². The Morgan fingerprint density at radius 3 is 2.74 bits per heavy atom. The van der Waals surface area contributed by atoms with E-state index in [-0.39, 0.29) is 16.3 Å². The third kappa shape index (κ3) is 3.11. The van der Waals surface area contributed by atoms with Crippen LogP contribution in [0.25, 0.3) is 11.2 Å². The summed E-state index contributed by atoms with van der Waals surface area (Å²) in [6.07, 6.45) is -1.83. The molecule has 0 fully saturated rings. The molecule has 118 valence electrons. The van der Waals surface area contributed by atoms with Gasteiger partial charge >= 0.3 is 6.18 Å². The van der Waals surface area contributed by atoms with E-state index in [9.17, 15) is 18.0 Å². The molecule has 5 nitrogen and oxygen atoms in total. The lowest BCUT2D eigenvalue weighted by atomic mass is 10.2. The minimum Gasteiger partial charge on any atom is -0.343 e. The maximum Gasteiger partial charge on any atom is 0.416 e. The molecule has 0 unspecified atom stereocenters. The summed E-state index contributed by atoms with van der Waals surface area (Å²) in [5.74, 6) is -0.629. The summed E-state index contributed by atoms with van der Waals surface area (Å²) in [6, 6.07) is 4.20. The zero-order valence-electron chi connectivity index (χ0n) is 11.3. The molecule has 2 aromatic heterocycles. The van der Waals surface area contributed by atoms with Crippen LogP contribution < -0.4 is 5.32 Å². The number of nitrogens with zero attached hydrogens (tertiary/aromatic N) is 2. The fraction of sp³-hybridized carbons (Fsp3) is 0.0714. The van der Waals surface area contributed by atoms with Gasteiger partial charge in [0.05, 0.1) is 33.7 Å². The standard InChI is InChI=1S/C14H8ClF3N4O/c15-9-2-1-8(14(16,17)18)4-10(9)22-13(23)7-3-11-12(19-5-7)21-6-20-11/h1-6H,(H,22,23)(H,19,20,21). The van der Waals surface area contributed by atoms with Crippen LogP contribution in [0.15, 0.2) is 36.8 Å². The van der Waals surface area contributed by atoms with Crippen molar-refractivity contribution in [2.75, 3.05) is 5.32 Å². The SMILES string of the molecule is O=C(Nc1cc(C(F)(F)F)ccc1Cl)c1cnc2nc[nH]c2c1. The Morgan fingerprint density at radius 2 is 2.00 bits per heavy atom. The zero-order chi connectivity index (χ0) is 16.6. The molecule has 0 aliphatic rings. The monoisotopic (exact) mass is 340 g/mol. The molecule has 0 bridgehead atoms. The van der Waals surface area contributed by atoms with Crippen LogP contribution in [0.5, 0.6) is 0 Å². The predicted molar refractivity (Wildman–Crippen MR) is 78.3 cm³/mol. The van der Waals surface area contributed by atoms with Gasteiger partial charge in [-0.25, -0.2) is 9.97 Å². The lowest BCUT2D eigenvalue weighted by molar-refractivity contribution is -0.137. The number of halogens is 4. The maximum atomic E-state index is 12.7. The smallest absolute Gasteiger partial charge is 0.343 e. The number of rotatable bonds is 2. The highest BCUT2D eigenvalue weighted by atomic mass is 35.5. The Kier molecular flexibility index (Phi) is 3.69. The highest BCUT2D eigenvalue weighted by Gasteiger charge is 2.31. The summed E-state index contributed by atoms with van der Waals surface area (Å²) in [6.45, 7) is 0. The summed E-state index contributed by atoms with van der Waals surface area (Å²) in [7, 11) is 0. The number of H-pyrrole nitrogens is 1. The van der Waals surface area contributed by atoms with Gasteiger partial charge in [0.2, 0.25) is 0 Å². The quantitative estimate of drug-likeness (QED) is 0.743. The van der Waals surface area contributed by atoms with Crippen LogP contribution in [0.3, 0.4) is 0 Å². The van der Waals surface area contributed by atoms with Crippen LogP contribution in [-0.4, -0.2) is 20.9 Å². The number of fused-ring (bicyclic) bond motifs is 1. The molecule has 0 atom stereocenters. The van der Waals surface area contributed by atoms with Gasteiger partial charge in [-0.2, -0.15) is 13.2 Å². The number of carbonyl (C=O) groups excluding carboxylic acids is 1. The molecule has 3 rings (SSSR count). The first-order valence-corrected chi connectivity index (χ1v) is 6.69. The number of carbonyl (C=O) groups is 1. The summed E-state index contributed by atoms with van der Waals surface area (Å²) in [5, 5.41) is 2.35. The van der Waals surface area contributed by atoms with E-state index in [0.717, 1.165) is 18.2 Å². The van der Waals surface area contributed by atoms with E-state index >= 15 is 0 Å². The van der Waals surface area contributed by atoms with E-state index in [1.165, 1.54) is 18.6 Å². The summed E-state index contributed by atoms with van der Waals surface area (Å²) in [4.78, 5) is 22.8. The third-order valence-corrected chi connectivity index (χ3v) is 3.41. The van der Waals surface area contributed by atoms with Crippen molar-refractivity contribution in [3.63, 3.8) is 0 Å². The number of alkyl halides is 3. The highest BCUT2D eigenvalue weighted by Crippen LogP contribution is 2.34. The topological polar surface area (TPSA) is 70.7 Å². The van der Waals surface area contributed by atoms with Crippen molar-refractivity contribution in [3.05, 3.63) is 52.9 Å². The first kappa shape index (κ1) is 15.3. The second-order valence-electron chi connectivity index (χ2n) is 4.64. The Morgan fingerprint density at radius 1 is 1.22 bits per heavy atom. The summed E-state index contributed by atoms with van der Waals surface area (Å²) in [5.41, 5.74) is 0.0946. The van der Waals surface area contributed by atoms with Crippen molar-refractivity contribution < 1.29 is 18.0 Å². The van der Waals surface area contributed by atoms with Gasteiger partial charge in [-0.1, -0.05) is 11.6 Å². The first-order valence-electron chi connectivity index (χ1n) is 6.32. The number of aromatic amines is 1. The lowest BCUT2D eigenvalue weighted by Crippen LogP contribution is -2.14. The van der Waals surface area contributed by atoms with E-state index < -0.39 is 17.6 Å². The summed E-state index contributed by atoms with van der Waals surface area (Å²) >= 11 is 5.84. The van der Waals surface area contributed by atoms with Crippen molar-refractivity contribution in [1.82, 2.24) is 15.0 Å². The molecule has 0 spiro atoms. The number of imidazole rings is 1. The molecule has 0 aliphatic carbocycles. The highest BCUT2D eigenvalue weighted by molar-refractivity contribution is 6.34. The molecule has 2 N–H and O–H groups in total. The van der Waals surface area contributed by atoms with Crippen LogP contribution in [0, 0.1) is 0 Å². The lowest BCUT2D eigenvalue weighted by Gasteiger charge is -2.11. The van der Waals surface area contributed by atoms with Crippen LogP contribution in [0.2, 0.25) is 5.02 Å². The van der Waals surface area contributed by atoms with Crippen LogP contribution in [0.4, 0.5) is 18.9 Å². The van der Waals surface area contributed by atoms with Crippen molar-refractivity contribution in [2.45, 2.75) is 6.18 Å². The van der Waals surface area contributed by atoms with Crippen molar-refractivity contribution in [2.24, 2.45) is 0 Å². The molecule has 0 saturated carbocycles. The van der Waals surface area contributed by atoms with E-state index in [1.807, 2.05) is 0 Å². The molecule has 0 saturated heterocycles. The number of hydrogen-bond donors (Lipinski definition) is 2. The zero-order valence-corrected chi connectivity index (χ0v) is 12.0. The molecule has 23 heavy (non-hydrogen) atoms. The maximum absolute atomic E-state index is 12.7. The van der Waals surface area contributed by atoms with E-state index in [1.54, 1.807) is 0 Å². The number of amides is 1. The van der Waals surface area contributed by atoms with Crippen molar-refractivity contribution >= 4 is 34.4 Å². The number of pyridine rings is 1. The molecule has 0 radical (unpaired) electrons. The fourth-order valence-corrected chi connectivity index (χ4v) is 2.11. The third-order valence-electron chi connectivity index (χ3n) is 3.08. The van der Waals surface area contributed by atoms with Gasteiger partial charge in [0.25, 0.3) is 5.91 Å². The molecule has 9 heteroatoms. The molecule has 2 heterocycles. The molecular weight excluding hydrogens is 333 g/mol. The number of benzene rings is 1. The second-order valence-corrected chi connectivity index (χ2v) is 5.05.